The Kier molecular flexibility index (Phi) is 3.80. The highest BCUT2D eigenvalue weighted by Crippen LogP contribution is 2.29. The van der Waals surface area contributed by atoms with Crippen molar-refractivity contribution < 1.29 is 9.13 Å². The van der Waals surface area contributed by atoms with Crippen molar-refractivity contribution in [1.82, 2.24) is 0 Å². The van der Waals surface area contributed by atoms with Gasteiger partial charge in [-0.15, -0.1) is 0 Å². The monoisotopic (exact) mass is 346 g/mol. The van der Waals surface area contributed by atoms with Gasteiger partial charge in [0.2, 0.25) is 0 Å². The van der Waals surface area contributed by atoms with Gasteiger partial charge in [0, 0.05) is 16.5 Å². The van der Waals surface area contributed by atoms with Crippen LogP contribution in [-0.2, 0) is 6.42 Å². The third-order valence-electron chi connectivity index (χ3n) is 3.39. The Balaban J connectivity index is 1.67. The third-order valence-corrected chi connectivity index (χ3v) is 3.88. The fraction of sp³-hybridized carbons (Fsp3) is 0.188. The van der Waals surface area contributed by atoms with Gasteiger partial charge in [-0.25, -0.2) is 4.39 Å². The van der Waals surface area contributed by atoms with Crippen molar-refractivity contribution >= 4 is 21.6 Å². The van der Waals surface area contributed by atoms with Gasteiger partial charge < -0.3 is 10.1 Å². The molecule has 1 N–H and O–H groups in total. The fourth-order valence-electron chi connectivity index (χ4n) is 2.39. The molecule has 5 heteroatoms. The summed E-state index contributed by atoms with van der Waals surface area (Å²) in [5.74, 6) is 0.491. The molecule has 3 rings (SSSR count). The Morgan fingerprint density at radius 3 is 3.00 bits per heavy atom. The van der Waals surface area contributed by atoms with Crippen LogP contribution in [0.2, 0.25) is 0 Å². The zero-order valence-corrected chi connectivity index (χ0v) is 12.7. The highest BCUT2D eigenvalue weighted by Gasteiger charge is 2.23. The number of rotatable bonds is 3. The Bertz CT molecular complexity index is 727. The maximum Gasteiger partial charge on any atom is 0.123 e. The lowest BCUT2D eigenvalue weighted by Gasteiger charge is -2.14. The lowest BCUT2D eigenvalue weighted by molar-refractivity contribution is 0.246. The van der Waals surface area contributed by atoms with E-state index in [1.807, 2.05) is 12.1 Å². The van der Waals surface area contributed by atoms with Crippen molar-refractivity contribution in [2.45, 2.75) is 12.5 Å². The van der Waals surface area contributed by atoms with Crippen molar-refractivity contribution in [2.75, 3.05) is 11.9 Å². The molecule has 1 aliphatic heterocycles. The molecule has 2 aromatic rings. The lowest BCUT2D eigenvalue weighted by atomic mass is 10.1. The highest BCUT2D eigenvalue weighted by atomic mass is 79.9. The van der Waals surface area contributed by atoms with E-state index in [9.17, 15) is 4.39 Å². The molecular weight excluding hydrogens is 335 g/mol. The normalized spacial score (nSPS) is 16.0. The number of nitriles is 1. The zero-order valence-electron chi connectivity index (χ0n) is 11.1. The predicted molar refractivity (Wildman–Crippen MR) is 81.9 cm³/mol. The molecule has 0 aliphatic carbocycles. The summed E-state index contributed by atoms with van der Waals surface area (Å²) in [6.07, 6.45) is 0.607. The molecule has 0 radical (unpaired) electrons. The van der Waals surface area contributed by atoms with Crippen LogP contribution in [0.5, 0.6) is 5.75 Å². The van der Waals surface area contributed by atoms with E-state index >= 15 is 0 Å². The minimum Gasteiger partial charge on any atom is -0.488 e. The van der Waals surface area contributed by atoms with Crippen molar-refractivity contribution in [3.8, 4) is 11.8 Å². The van der Waals surface area contributed by atoms with Crippen LogP contribution in [0.15, 0.2) is 40.9 Å². The van der Waals surface area contributed by atoms with E-state index in [0.717, 1.165) is 21.5 Å². The molecule has 0 saturated carbocycles. The van der Waals surface area contributed by atoms with E-state index in [1.165, 1.54) is 12.1 Å². The summed E-state index contributed by atoms with van der Waals surface area (Å²) in [6, 6.07) is 12.2. The maximum absolute atomic E-state index is 13.2. The third kappa shape index (κ3) is 3.01. The standard InChI is InChI=1S/C16H12BrFN2O/c17-12-1-3-15(11(5-12)8-19)20-9-14-7-10-6-13(18)2-4-16(10)21-14/h1-6,14,20H,7,9H2. The van der Waals surface area contributed by atoms with Gasteiger partial charge in [-0.3, -0.25) is 0 Å². The van der Waals surface area contributed by atoms with Crippen LogP contribution >= 0.6 is 15.9 Å². The van der Waals surface area contributed by atoms with Gasteiger partial charge >= 0.3 is 0 Å². The molecule has 1 heterocycles. The molecule has 0 bridgehead atoms. The first kappa shape index (κ1) is 13.9. The number of hydrogen-bond acceptors (Lipinski definition) is 3. The Morgan fingerprint density at radius 1 is 1.33 bits per heavy atom. The molecule has 21 heavy (non-hydrogen) atoms. The minimum absolute atomic E-state index is 0.0583. The number of nitrogens with zero attached hydrogens (tertiary/aromatic N) is 1. The van der Waals surface area contributed by atoms with Crippen LogP contribution in [0, 0.1) is 17.1 Å². The number of fused-ring (bicyclic) bond motifs is 1. The molecule has 0 saturated heterocycles. The zero-order chi connectivity index (χ0) is 14.8. The molecule has 2 aromatic carbocycles. The van der Waals surface area contributed by atoms with Gasteiger partial charge in [-0.2, -0.15) is 5.26 Å². The molecule has 106 valence electrons. The van der Waals surface area contributed by atoms with Gasteiger partial charge in [0.25, 0.3) is 0 Å². The molecule has 0 amide bonds. The minimum atomic E-state index is -0.245. The Morgan fingerprint density at radius 2 is 2.19 bits per heavy atom. The number of nitrogens with one attached hydrogen (secondary N) is 1. The van der Waals surface area contributed by atoms with Gasteiger partial charge in [-0.05, 0) is 36.4 Å². The quantitative estimate of drug-likeness (QED) is 0.917. The van der Waals surface area contributed by atoms with E-state index in [0.29, 0.717) is 18.5 Å². The van der Waals surface area contributed by atoms with E-state index in [1.54, 1.807) is 12.1 Å². The molecule has 1 unspecified atom stereocenters. The molecule has 3 nitrogen and oxygen atoms in total. The summed E-state index contributed by atoms with van der Waals surface area (Å²) in [6.45, 7) is 0.562. The predicted octanol–water partition coefficient (Wildman–Crippen LogP) is 3.88. The van der Waals surface area contributed by atoms with E-state index < -0.39 is 0 Å². The number of ether oxygens (including phenoxy) is 1. The summed E-state index contributed by atoms with van der Waals surface area (Å²) in [5, 5.41) is 12.3. The average Bonchev–Trinajstić information content (AvgIpc) is 2.87. The SMILES string of the molecule is N#Cc1cc(Br)ccc1NCC1Cc2cc(F)ccc2O1. The molecular formula is C16H12BrFN2O. The van der Waals surface area contributed by atoms with E-state index in [2.05, 4.69) is 27.3 Å². The lowest BCUT2D eigenvalue weighted by Crippen LogP contribution is -2.24. The number of halogens is 2. The Labute approximate surface area is 130 Å². The van der Waals surface area contributed by atoms with Crippen LogP contribution in [0.4, 0.5) is 10.1 Å². The second kappa shape index (κ2) is 5.74. The second-order valence-corrected chi connectivity index (χ2v) is 5.79. The van der Waals surface area contributed by atoms with Crippen LogP contribution in [-0.4, -0.2) is 12.6 Å². The Hall–Kier alpha value is -2.06. The molecule has 0 spiro atoms. The van der Waals surface area contributed by atoms with Gasteiger partial charge in [0.15, 0.2) is 0 Å². The first-order chi connectivity index (χ1) is 10.2. The van der Waals surface area contributed by atoms with E-state index in [-0.39, 0.29) is 11.9 Å². The van der Waals surface area contributed by atoms with Crippen molar-refractivity contribution in [3.05, 3.63) is 57.8 Å². The summed E-state index contributed by atoms with van der Waals surface area (Å²) < 4.78 is 19.8. The van der Waals surface area contributed by atoms with Crippen LogP contribution in [0.25, 0.3) is 0 Å². The average molecular weight is 347 g/mol. The van der Waals surface area contributed by atoms with E-state index in [4.69, 9.17) is 10.00 Å². The topological polar surface area (TPSA) is 45.0 Å². The molecule has 1 atom stereocenters. The number of hydrogen-bond donors (Lipinski definition) is 1. The summed E-state index contributed by atoms with van der Waals surface area (Å²) in [7, 11) is 0. The van der Waals surface area contributed by atoms with Gasteiger partial charge in [-0.1, -0.05) is 15.9 Å². The fourth-order valence-corrected chi connectivity index (χ4v) is 2.75. The van der Waals surface area contributed by atoms with Crippen molar-refractivity contribution in [3.63, 3.8) is 0 Å². The smallest absolute Gasteiger partial charge is 0.123 e. The molecule has 0 aromatic heterocycles. The summed E-state index contributed by atoms with van der Waals surface area (Å²) >= 11 is 3.34. The largest absolute Gasteiger partial charge is 0.488 e. The van der Waals surface area contributed by atoms with Crippen LogP contribution < -0.4 is 10.1 Å². The maximum atomic E-state index is 13.2. The van der Waals surface area contributed by atoms with Crippen LogP contribution in [0.1, 0.15) is 11.1 Å². The first-order valence-electron chi connectivity index (χ1n) is 6.54. The van der Waals surface area contributed by atoms with Gasteiger partial charge in [0.1, 0.15) is 23.7 Å². The first-order valence-corrected chi connectivity index (χ1v) is 7.33. The molecule has 1 aliphatic rings. The van der Waals surface area contributed by atoms with Crippen molar-refractivity contribution in [2.24, 2.45) is 0 Å². The molecule has 0 fully saturated rings. The number of anilines is 1. The number of benzene rings is 2. The van der Waals surface area contributed by atoms with Crippen molar-refractivity contribution in [1.29, 1.82) is 5.26 Å². The summed E-state index contributed by atoms with van der Waals surface area (Å²) in [4.78, 5) is 0. The second-order valence-electron chi connectivity index (χ2n) is 4.88. The summed E-state index contributed by atoms with van der Waals surface area (Å²) in [5.41, 5.74) is 2.23. The van der Waals surface area contributed by atoms with Gasteiger partial charge in [0.05, 0.1) is 17.8 Å². The highest BCUT2D eigenvalue weighted by molar-refractivity contribution is 9.10. The van der Waals surface area contributed by atoms with Crippen LogP contribution in [0.3, 0.4) is 0 Å².